The molecule has 9 nitrogen and oxygen atoms in total. The molecule has 9 heteroatoms. The van der Waals surface area contributed by atoms with E-state index in [9.17, 15) is 14.4 Å². The van der Waals surface area contributed by atoms with Gasteiger partial charge in [-0.05, 0) is 30.7 Å². The number of carbonyl (C=O) groups is 3. The number of primary amides is 1. The number of nitrogens with zero attached hydrogens (tertiary/aromatic N) is 1. The van der Waals surface area contributed by atoms with Crippen molar-refractivity contribution >= 4 is 29.2 Å². The molecular weight excluding hydrogens is 362 g/mol. The maximum atomic E-state index is 12.4. The lowest BCUT2D eigenvalue weighted by Crippen LogP contribution is -2.46. The molecule has 0 radical (unpaired) electrons. The maximum absolute atomic E-state index is 12.4. The molecule has 1 aliphatic heterocycles. The van der Waals surface area contributed by atoms with Crippen LogP contribution in [0.15, 0.2) is 24.3 Å². The van der Waals surface area contributed by atoms with Gasteiger partial charge in [0.2, 0.25) is 11.8 Å². The van der Waals surface area contributed by atoms with E-state index in [0.717, 1.165) is 25.9 Å². The van der Waals surface area contributed by atoms with Gasteiger partial charge in [-0.3, -0.25) is 14.5 Å². The molecule has 28 heavy (non-hydrogen) atoms. The Labute approximate surface area is 165 Å². The molecule has 1 aliphatic rings. The average molecular weight is 391 g/mol. The zero-order valence-corrected chi connectivity index (χ0v) is 16.2. The zero-order chi connectivity index (χ0) is 20.4. The molecule has 1 atom stereocenters. The minimum absolute atomic E-state index is 0.0935. The first-order valence-corrected chi connectivity index (χ1v) is 9.54. The van der Waals surface area contributed by atoms with Crippen LogP contribution in [-0.4, -0.2) is 61.6 Å². The van der Waals surface area contributed by atoms with Gasteiger partial charge >= 0.3 is 6.03 Å². The van der Waals surface area contributed by atoms with Crippen LogP contribution in [0.3, 0.4) is 0 Å². The largest absolute Gasteiger partial charge is 0.379 e. The van der Waals surface area contributed by atoms with Crippen molar-refractivity contribution in [2.75, 3.05) is 43.5 Å². The fourth-order valence-corrected chi connectivity index (χ4v) is 2.88. The van der Waals surface area contributed by atoms with E-state index in [-0.39, 0.29) is 11.8 Å². The van der Waals surface area contributed by atoms with Crippen molar-refractivity contribution in [1.29, 1.82) is 0 Å². The molecule has 154 valence electrons. The standard InChI is InChI=1S/C19H29N5O4/c1-2-3-4-16(23-19(20)27)18(26)22-15-7-5-14(6-8-15)21-17(25)13-24-9-11-28-12-10-24/h5-8,16H,2-4,9-13H2,1H3,(H,21,25)(H,22,26)(H3,20,23,27)/t16-/m0/s1. The highest BCUT2D eigenvalue weighted by atomic mass is 16.5. The van der Waals surface area contributed by atoms with Crippen LogP contribution in [-0.2, 0) is 14.3 Å². The average Bonchev–Trinajstić information content (AvgIpc) is 2.67. The molecule has 0 aliphatic carbocycles. The Kier molecular flexibility index (Phi) is 8.70. The summed E-state index contributed by atoms with van der Waals surface area (Å²) in [6, 6.07) is 5.43. The summed E-state index contributed by atoms with van der Waals surface area (Å²) in [7, 11) is 0. The second kappa shape index (κ2) is 11.3. The summed E-state index contributed by atoms with van der Waals surface area (Å²) in [5.41, 5.74) is 6.37. The third-order valence-corrected chi connectivity index (χ3v) is 4.39. The fraction of sp³-hybridized carbons (Fsp3) is 0.526. The number of benzene rings is 1. The van der Waals surface area contributed by atoms with Gasteiger partial charge in [-0.25, -0.2) is 4.79 Å². The highest BCUT2D eigenvalue weighted by Gasteiger charge is 2.19. The molecule has 1 aromatic carbocycles. The number of amides is 4. The van der Waals surface area contributed by atoms with Crippen molar-refractivity contribution < 1.29 is 19.1 Å². The maximum Gasteiger partial charge on any atom is 0.312 e. The van der Waals surface area contributed by atoms with Crippen LogP contribution in [0, 0.1) is 0 Å². The normalized spacial score (nSPS) is 15.5. The smallest absolute Gasteiger partial charge is 0.312 e. The summed E-state index contributed by atoms with van der Waals surface area (Å²) >= 11 is 0. The van der Waals surface area contributed by atoms with E-state index in [0.29, 0.717) is 37.6 Å². The van der Waals surface area contributed by atoms with Gasteiger partial charge < -0.3 is 26.4 Å². The molecule has 0 saturated carbocycles. The first kappa shape index (κ1) is 21.6. The van der Waals surface area contributed by atoms with Crippen LogP contribution < -0.4 is 21.7 Å². The fourth-order valence-electron chi connectivity index (χ4n) is 2.88. The minimum Gasteiger partial charge on any atom is -0.379 e. The van der Waals surface area contributed by atoms with Gasteiger partial charge in [0.25, 0.3) is 0 Å². The lowest BCUT2D eigenvalue weighted by Gasteiger charge is -2.25. The number of ether oxygens (including phenoxy) is 1. The molecular formula is C19H29N5O4. The Morgan fingerprint density at radius 3 is 2.29 bits per heavy atom. The predicted molar refractivity (Wildman–Crippen MR) is 107 cm³/mol. The van der Waals surface area contributed by atoms with E-state index in [2.05, 4.69) is 16.0 Å². The van der Waals surface area contributed by atoms with Crippen molar-refractivity contribution in [2.45, 2.75) is 32.2 Å². The number of hydrogen-bond acceptors (Lipinski definition) is 5. The van der Waals surface area contributed by atoms with E-state index >= 15 is 0 Å². The molecule has 1 fully saturated rings. The Bertz CT molecular complexity index is 659. The Morgan fingerprint density at radius 1 is 1.11 bits per heavy atom. The van der Waals surface area contributed by atoms with Crippen LogP contribution in [0.25, 0.3) is 0 Å². The van der Waals surface area contributed by atoms with Gasteiger partial charge in [0.05, 0.1) is 19.8 Å². The van der Waals surface area contributed by atoms with E-state index in [1.165, 1.54) is 0 Å². The number of urea groups is 1. The highest BCUT2D eigenvalue weighted by Crippen LogP contribution is 2.15. The first-order valence-electron chi connectivity index (χ1n) is 9.54. The van der Waals surface area contributed by atoms with Crippen LogP contribution >= 0.6 is 0 Å². The van der Waals surface area contributed by atoms with Gasteiger partial charge in [-0.1, -0.05) is 19.8 Å². The monoisotopic (exact) mass is 391 g/mol. The molecule has 5 N–H and O–H groups in total. The second-order valence-electron chi connectivity index (χ2n) is 6.71. The number of morpholine rings is 1. The van der Waals surface area contributed by atoms with Gasteiger partial charge in [-0.15, -0.1) is 0 Å². The van der Waals surface area contributed by atoms with Crippen LogP contribution in [0.4, 0.5) is 16.2 Å². The third-order valence-electron chi connectivity index (χ3n) is 4.39. The number of nitrogens with one attached hydrogen (secondary N) is 3. The molecule has 1 saturated heterocycles. The van der Waals surface area contributed by atoms with Crippen molar-refractivity contribution in [3.05, 3.63) is 24.3 Å². The Morgan fingerprint density at radius 2 is 1.71 bits per heavy atom. The van der Waals surface area contributed by atoms with Gasteiger partial charge in [0, 0.05) is 24.5 Å². The van der Waals surface area contributed by atoms with Crippen molar-refractivity contribution in [3.8, 4) is 0 Å². The lowest BCUT2D eigenvalue weighted by atomic mass is 10.1. The van der Waals surface area contributed by atoms with Gasteiger partial charge in [0.1, 0.15) is 6.04 Å². The highest BCUT2D eigenvalue weighted by molar-refractivity contribution is 5.97. The van der Waals surface area contributed by atoms with Crippen molar-refractivity contribution in [2.24, 2.45) is 5.73 Å². The summed E-state index contributed by atoms with van der Waals surface area (Å²) < 4.78 is 5.27. The minimum atomic E-state index is -0.727. The molecule has 1 heterocycles. The molecule has 0 bridgehead atoms. The Hall–Kier alpha value is -2.65. The van der Waals surface area contributed by atoms with E-state index in [1.54, 1.807) is 24.3 Å². The molecule has 0 spiro atoms. The molecule has 2 rings (SSSR count). The SMILES string of the molecule is CCCC[C@H](NC(N)=O)C(=O)Nc1ccc(NC(=O)CN2CCOCC2)cc1. The van der Waals surface area contributed by atoms with Crippen LogP contribution in [0.5, 0.6) is 0 Å². The first-order chi connectivity index (χ1) is 13.5. The number of anilines is 2. The molecule has 1 aromatic rings. The zero-order valence-electron chi connectivity index (χ0n) is 16.2. The number of rotatable bonds is 9. The predicted octanol–water partition coefficient (Wildman–Crippen LogP) is 1.12. The number of unbranched alkanes of at least 4 members (excludes halogenated alkanes) is 1. The van der Waals surface area contributed by atoms with Crippen LogP contribution in [0.2, 0.25) is 0 Å². The number of nitrogens with two attached hydrogens (primary N) is 1. The topological polar surface area (TPSA) is 126 Å². The number of carbonyl (C=O) groups excluding carboxylic acids is 3. The number of hydrogen-bond donors (Lipinski definition) is 4. The molecule has 4 amide bonds. The summed E-state index contributed by atoms with van der Waals surface area (Å²) in [6.07, 6.45) is 2.22. The second-order valence-corrected chi connectivity index (χ2v) is 6.71. The van der Waals surface area contributed by atoms with E-state index in [4.69, 9.17) is 10.5 Å². The van der Waals surface area contributed by atoms with E-state index in [1.807, 2.05) is 11.8 Å². The molecule has 0 unspecified atom stereocenters. The summed E-state index contributed by atoms with van der Waals surface area (Å²) in [4.78, 5) is 37.6. The molecule has 0 aromatic heterocycles. The van der Waals surface area contributed by atoms with Gasteiger partial charge in [0.15, 0.2) is 0 Å². The van der Waals surface area contributed by atoms with E-state index < -0.39 is 12.1 Å². The summed E-state index contributed by atoms with van der Waals surface area (Å²) in [5, 5.41) is 8.06. The summed E-state index contributed by atoms with van der Waals surface area (Å²) in [5.74, 6) is -0.416. The third kappa shape index (κ3) is 7.53. The Balaban J connectivity index is 1.85. The van der Waals surface area contributed by atoms with Crippen molar-refractivity contribution in [3.63, 3.8) is 0 Å². The quantitative estimate of drug-likeness (QED) is 0.502. The van der Waals surface area contributed by atoms with Crippen molar-refractivity contribution in [1.82, 2.24) is 10.2 Å². The summed E-state index contributed by atoms with van der Waals surface area (Å²) in [6.45, 7) is 5.11. The van der Waals surface area contributed by atoms with Crippen LogP contribution in [0.1, 0.15) is 26.2 Å². The lowest BCUT2D eigenvalue weighted by molar-refractivity contribution is -0.119. The van der Waals surface area contributed by atoms with Gasteiger partial charge in [-0.2, -0.15) is 0 Å².